The van der Waals surface area contributed by atoms with Crippen molar-refractivity contribution in [1.29, 1.82) is 0 Å². The number of alkyl halides is 3. The van der Waals surface area contributed by atoms with Crippen molar-refractivity contribution in [2.24, 2.45) is 5.41 Å². The molecule has 5 heteroatoms. The van der Waals surface area contributed by atoms with Gasteiger partial charge in [-0.05, 0) is 36.8 Å². The molecule has 0 unspecified atom stereocenters. The highest BCUT2D eigenvalue weighted by Crippen LogP contribution is 2.35. The second kappa shape index (κ2) is 5.26. The van der Waals surface area contributed by atoms with E-state index >= 15 is 0 Å². The molecule has 20 heavy (non-hydrogen) atoms. The van der Waals surface area contributed by atoms with Crippen LogP contribution in [0.4, 0.5) is 19.0 Å². The number of piperidine rings is 1. The molecule has 1 aliphatic heterocycles. The summed E-state index contributed by atoms with van der Waals surface area (Å²) in [6.45, 7) is 7.36. The number of aromatic nitrogens is 1. The minimum absolute atomic E-state index is 0.0881. The van der Waals surface area contributed by atoms with Gasteiger partial charge < -0.3 is 4.90 Å². The topological polar surface area (TPSA) is 16.1 Å². The first kappa shape index (κ1) is 15.1. The number of pyridine rings is 1. The molecule has 0 bridgehead atoms. The molecule has 0 N–H and O–H groups in total. The molecule has 2 nitrogen and oxygen atoms in total. The van der Waals surface area contributed by atoms with Crippen molar-refractivity contribution < 1.29 is 13.2 Å². The summed E-state index contributed by atoms with van der Waals surface area (Å²) in [7, 11) is 0. The van der Waals surface area contributed by atoms with Crippen LogP contribution in [0.25, 0.3) is 0 Å². The molecule has 1 atom stereocenters. The fourth-order valence-electron chi connectivity index (χ4n) is 2.83. The number of nitrogens with zero attached hydrogens (tertiary/aromatic N) is 2. The van der Waals surface area contributed by atoms with Crippen LogP contribution in [-0.4, -0.2) is 17.6 Å². The minimum Gasteiger partial charge on any atom is -0.353 e. The normalized spacial score (nSPS) is 21.1. The van der Waals surface area contributed by atoms with Gasteiger partial charge in [0.2, 0.25) is 0 Å². The smallest absolute Gasteiger partial charge is 0.353 e. The van der Waals surface area contributed by atoms with Gasteiger partial charge in [-0.3, -0.25) is 0 Å². The van der Waals surface area contributed by atoms with Gasteiger partial charge in [-0.15, -0.1) is 0 Å². The highest BCUT2D eigenvalue weighted by Gasteiger charge is 2.34. The maximum absolute atomic E-state index is 12.6. The number of halogens is 3. The second-order valence-corrected chi connectivity index (χ2v) is 6.47. The van der Waals surface area contributed by atoms with Crippen LogP contribution >= 0.6 is 0 Å². The highest BCUT2D eigenvalue weighted by atomic mass is 19.4. The third kappa shape index (κ3) is 3.25. The van der Waals surface area contributed by atoms with Crippen molar-refractivity contribution in [3.8, 4) is 0 Å². The fourth-order valence-corrected chi connectivity index (χ4v) is 2.83. The van der Waals surface area contributed by atoms with Gasteiger partial charge >= 0.3 is 6.18 Å². The van der Waals surface area contributed by atoms with Crippen LogP contribution in [0.1, 0.15) is 45.6 Å². The maximum atomic E-state index is 12.6. The summed E-state index contributed by atoms with van der Waals surface area (Å²) >= 11 is 0. The molecule has 2 rings (SSSR count). The van der Waals surface area contributed by atoms with Gasteiger partial charge in [-0.25, -0.2) is 4.98 Å². The first-order valence-electron chi connectivity index (χ1n) is 6.99. The molecule has 1 aromatic heterocycles. The Morgan fingerprint density at radius 1 is 1.15 bits per heavy atom. The molecule has 1 saturated heterocycles. The SMILES string of the molecule is CC(C)(C)[C@@H]1CCCCN1c1ccc(C(F)(F)F)cn1. The third-order valence-electron chi connectivity index (χ3n) is 3.87. The summed E-state index contributed by atoms with van der Waals surface area (Å²) in [5.74, 6) is 0.651. The number of anilines is 1. The Morgan fingerprint density at radius 2 is 1.85 bits per heavy atom. The summed E-state index contributed by atoms with van der Waals surface area (Å²) in [5, 5.41) is 0. The number of hydrogen-bond donors (Lipinski definition) is 0. The van der Waals surface area contributed by atoms with Crippen LogP contribution in [0.5, 0.6) is 0 Å². The molecule has 0 spiro atoms. The van der Waals surface area contributed by atoms with E-state index < -0.39 is 11.7 Å². The zero-order chi connectivity index (χ0) is 15.0. The zero-order valence-electron chi connectivity index (χ0n) is 12.2. The summed E-state index contributed by atoms with van der Waals surface area (Å²) in [5.41, 5.74) is -0.601. The van der Waals surface area contributed by atoms with Gasteiger partial charge in [0.25, 0.3) is 0 Å². The Labute approximate surface area is 118 Å². The van der Waals surface area contributed by atoms with E-state index in [1.54, 1.807) is 0 Å². The summed E-state index contributed by atoms with van der Waals surface area (Å²) in [6, 6.07) is 2.93. The van der Waals surface area contributed by atoms with E-state index in [9.17, 15) is 13.2 Å². The predicted molar refractivity (Wildman–Crippen MR) is 73.7 cm³/mol. The Balaban J connectivity index is 2.25. The minimum atomic E-state index is -4.32. The highest BCUT2D eigenvalue weighted by molar-refractivity contribution is 5.42. The Morgan fingerprint density at radius 3 is 2.35 bits per heavy atom. The molecule has 1 fully saturated rings. The molecular formula is C15H21F3N2. The van der Waals surface area contributed by atoms with E-state index in [1.165, 1.54) is 12.5 Å². The number of rotatable bonds is 1. The third-order valence-corrected chi connectivity index (χ3v) is 3.87. The Kier molecular flexibility index (Phi) is 3.98. The van der Waals surface area contributed by atoms with Gasteiger partial charge in [-0.1, -0.05) is 20.8 Å². The quantitative estimate of drug-likeness (QED) is 0.755. The molecule has 0 saturated carbocycles. The van der Waals surface area contributed by atoms with Crippen molar-refractivity contribution in [2.45, 2.75) is 52.3 Å². The van der Waals surface area contributed by atoms with Gasteiger partial charge in [0.1, 0.15) is 5.82 Å². The Bertz CT molecular complexity index is 446. The molecule has 112 valence electrons. The van der Waals surface area contributed by atoms with Gasteiger partial charge in [-0.2, -0.15) is 13.2 Å². The monoisotopic (exact) mass is 286 g/mol. The van der Waals surface area contributed by atoms with E-state index in [1.807, 2.05) is 0 Å². The average Bonchev–Trinajstić information content (AvgIpc) is 2.37. The van der Waals surface area contributed by atoms with E-state index in [0.29, 0.717) is 11.9 Å². The molecule has 0 aliphatic carbocycles. The van der Waals surface area contributed by atoms with Gasteiger partial charge in [0, 0.05) is 18.8 Å². The van der Waals surface area contributed by atoms with Crippen molar-refractivity contribution in [3.05, 3.63) is 23.9 Å². The lowest BCUT2D eigenvalue weighted by atomic mass is 9.80. The molecular weight excluding hydrogens is 265 g/mol. The maximum Gasteiger partial charge on any atom is 0.417 e. The fraction of sp³-hybridized carbons (Fsp3) is 0.667. The lowest BCUT2D eigenvalue weighted by Gasteiger charge is -2.44. The van der Waals surface area contributed by atoms with Crippen LogP contribution < -0.4 is 4.90 Å². The van der Waals surface area contributed by atoms with Gasteiger partial charge in [0.05, 0.1) is 5.56 Å². The lowest BCUT2D eigenvalue weighted by molar-refractivity contribution is -0.137. The van der Waals surface area contributed by atoms with Crippen LogP contribution in [0.2, 0.25) is 0 Å². The van der Waals surface area contributed by atoms with Crippen molar-refractivity contribution >= 4 is 5.82 Å². The van der Waals surface area contributed by atoms with Crippen LogP contribution in [0.3, 0.4) is 0 Å². The van der Waals surface area contributed by atoms with Crippen molar-refractivity contribution in [1.82, 2.24) is 4.98 Å². The van der Waals surface area contributed by atoms with E-state index in [0.717, 1.165) is 31.6 Å². The standard InChI is InChI=1S/C15H21F3N2/c1-14(2,3)12-6-4-5-9-20(12)13-8-7-11(10-19-13)15(16,17)18/h7-8,10,12H,4-6,9H2,1-3H3/t12-/m0/s1. The molecule has 1 aromatic rings. The van der Waals surface area contributed by atoms with E-state index in [4.69, 9.17) is 0 Å². The Hall–Kier alpha value is -1.26. The largest absolute Gasteiger partial charge is 0.417 e. The first-order chi connectivity index (χ1) is 9.19. The molecule has 0 radical (unpaired) electrons. The molecule has 2 heterocycles. The molecule has 1 aliphatic rings. The predicted octanol–water partition coefficient (Wildman–Crippen LogP) is 4.51. The van der Waals surface area contributed by atoms with Crippen molar-refractivity contribution in [2.75, 3.05) is 11.4 Å². The molecule has 0 amide bonds. The lowest BCUT2D eigenvalue weighted by Crippen LogP contribution is -2.47. The average molecular weight is 286 g/mol. The van der Waals surface area contributed by atoms with Crippen LogP contribution in [-0.2, 0) is 6.18 Å². The first-order valence-corrected chi connectivity index (χ1v) is 6.99. The van der Waals surface area contributed by atoms with E-state index in [2.05, 4.69) is 30.7 Å². The van der Waals surface area contributed by atoms with Gasteiger partial charge in [0.15, 0.2) is 0 Å². The summed E-state index contributed by atoms with van der Waals surface area (Å²) in [4.78, 5) is 6.19. The van der Waals surface area contributed by atoms with E-state index in [-0.39, 0.29) is 5.41 Å². The summed E-state index contributed by atoms with van der Waals surface area (Å²) in [6.07, 6.45) is -0.0962. The molecule has 0 aromatic carbocycles. The second-order valence-electron chi connectivity index (χ2n) is 6.47. The van der Waals surface area contributed by atoms with Crippen molar-refractivity contribution in [3.63, 3.8) is 0 Å². The zero-order valence-corrected chi connectivity index (χ0v) is 12.2. The summed E-state index contributed by atoms with van der Waals surface area (Å²) < 4.78 is 37.7. The number of hydrogen-bond acceptors (Lipinski definition) is 2. The van der Waals surface area contributed by atoms with Crippen LogP contribution in [0.15, 0.2) is 18.3 Å². The van der Waals surface area contributed by atoms with Crippen LogP contribution in [0, 0.1) is 5.41 Å².